The van der Waals surface area contributed by atoms with E-state index in [0.29, 0.717) is 22.8 Å². The molecule has 3 amide bonds. The lowest BCUT2D eigenvalue weighted by Gasteiger charge is -2.14. The van der Waals surface area contributed by atoms with Crippen LogP contribution in [-0.2, 0) is 14.3 Å². The van der Waals surface area contributed by atoms with E-state index in [2.05, 4.69) is 10.6 Å². The fourth-order valence-electron chi connectivity index (χ4n) is 2.12. The van der Waals surface area contributed by atoms with E-state index in [9.17, 15) is 14.4 Å². The highest BCUT2D eigenvalue weighted by atomic mass is 16.5. The van der Waals surface area contributed by atoms with Crippen LogP contribution in [0.1, 0.15) is 26.3 Å². The van der Waals surface area contributed by atoms with Gasteiger partial charge in [-0.3, -0.25) is 10.1 Å². The van der Waals surface area contributed by atoms with Gasteiger partial charge in [0.15, 0.2) is 17.6 Å². The van der Waals surface area contributed by atoms with Crippen LogP contribution >= 0.6 is 0 Å². The maximum absolute atomic E-state index is 12.0. The van der Waals surface area contributed by atoms with E-state index in [1.54, 1.807) is 26.0 Å². The summed E-state index contributed by atoms with van der Waals surface area (Å²) in [7, 11) is 4.46. The molecule has 1 aromatic carbocycles. The lowest BCUT2D eigenvalue weighted by Crippen LogP contribution is -2.46. The highest BCUT2D eigenvalue weighted by molar-refractivity contribution is 5.98. The van der Waals surface area contributed by atoms with Crippen LogP contribution in [0, 0.1) is 0 Å². The molecule has 0 unspecified atom stereocenters. The monoisotopic (exact) mass is 394 g/mol. The summed E-state index contributed by atoms with van der Waals surface area (Å²) in [5.74, 6) is -0.102. The van der Waals surface area contributed by atoms with Gasteiger partial charge in [0.2, 0.25) is 0 Å². The molecule has 1 atom stereocenters. The number of rotatable bonds is 8. The number of amides is 3. The van der Waals surface area contributed by atoms with Crippen LogP contribution in [0.15, 0.2) is 18.2 Å². The zero-order chi connectivity index (χ0) is 21.3. The van der Waals surface area contributed by atoms with Crippen molar-refractivity contribution in [1.29, 1.82) is 0 Å². The topological polar surface area (TPSA) is 112 Å². The van der Waals surface area contributed by atoms with Crippen molar-refractivity contribution >= 4 is 24.0 Å². The largest absolute Gasteiger partial charge is 0.496 e. The summed E-state index contributed by atoms with van der Waals surface area (Å²) in [5.41, 5.74) is 0.547. The maximum atomic E-state index is 12.0. The number of methoxy groups -OCH3 is 3. The second kappa shape index (κ2) is 10.8. The van der Waals surface area contributed by atoms with Crippen molar-refractivity contribution in [3.8, 4) is 17.2 Å². The Bertz CT molecular complexity index is 744. The van der Waals surface area contributed by atoms with Gasteiger partial charge < -0.3 is 24.3 Å². The molecule has 9 heteroatoms. The normalized spacial score (nSPS) is 11.7. The molecule has 0 heterocycles. The molecular weight excluding hydrogens is 368 g/mol. The fraction of sp³-hybridized carbons (Fsp3) is 0.421. The van der Waals surface area contributed by atoms with Gasteiger partial charge in [0.25, 0.3) is 5.91 Å². The van der Waals surface area contributed by atoms with Gasteiger partial charge in [0.05, 0.1) is 21.3 Å². The fourth-order valence-corrected chi connectivity index (χ4v) is 2.12. The van der Waals surface area contributed by atoms with E-state index < -0.39 is 24.0 Å². The molecular formula is C19H26N2O7. The smallest absolute Gasteiger partial charge is 0.331 e. The second-order valence-corrected chi connectivity index (χ2v) is 5.98. The number of nitrogens with one attached hydrogen (secondary N) is 2. The number of hydrogen-bond acceptors (Lipinski definition) is 7. The van der Waals surface area contributed by atoms with E-state index in [1.807, 2.05) is 0 Å². The number of hydrogen-bond donors (Lipinski definition) is 2. The highest BCUT2D eigenvalue weighted by Gasteiger charge is 2.19. The van der Waals surface area contributed by atoms with Crippen molar-refractivity contribution < 1.29 is 33.3 Å². The van der Waals surface area contributed by atoms with E-state index in [0.717, 1.165) is 6.08 Å². The number of imide groups is 1. The summed E-state index contributed by atoms with van der Waals surface area (Å²) in [6.45, 7) is 4.86. The molecule has 0 aliphatic rings. The molecule has 0 aliphatic heterocycles. The Morgan fingerprint density at radius 1 is 0.929 bits per heavy atom. The quantitative estimate of drug-likeness (QED) is 0.511. The van der Waals surface area contributed by atoms with Crippen molar-refractivity contribution in [2.24, 2.45) is 0 Å². The van der Waals surface area contributed by atoms with Crippen molar-refractivity contribution in [3.05, 3.63) is 23.8 Å². The second-order valence-electron chi connectivity index (χ2n) is 5.98. The molecule has 0 bridgehead atoms. The van der Waals surface area contributed by atoms with E-state index in [1.165, 1.54) is 34.3 Å². The molecule has 0 aromatic heterocycles. The maximum Gasteiger partial charge on any atom is 0.331 e. The van der Waals surface area contributed by atoms with E-state index in [4.69, 9.17) is 18.9 Å². The lowest BCUT2D eigenvalue weighted by atomic mass is 10.1. The number of carbonyl (C=O) groups excluding carboxylic acids is 3. The van der Waals surface area contributed by atoms with Gasteiger partial charge in [0.1, 0.15) is 5.75 Å². The first-order valence-corrected chi connectivity index (χ1v) is 8.51. The number of carbonyl (C=O) groups is 3. The minimum absolute atomic E-state index is 0.134. The van der Waals surface area contributed by atoms with Gasteiger partial charge in [-0.15, -0.1) is 0 Å². The van der Waals surface area contributed by atoms with Gasteiger partial charge in [-0.25, -0.2) is 9.59 Å². The van der Waals surface area contributed by atoms with Gasteiger partial charge in [-0.2, -0.15) is 0 Å². The SMILES string of the molecule is COc1cc(OC)c(OC)cc1/C=C/C(=O)O[C@H](C)C(=O)NC(=O)NC(C)C. The van der Waals surface area contributed by atoms with Crippen LogP contribution < -0.4 is 24.8 Å². The van der Waals surface area contributed by atoms with Crippen LogP contribution in [0.5, 0.6) is 17.2 Å². The molecule has 1 aromatic rings. The predicted molar refractivity (Wildman–Crippen MR) is 102 cm³/mol. The minimum Gasteiger partial charge on any atom is -0.496 e. The third-order valence-electron chi connectivity index (χ3n) is 3.45. The standard InChI is InChI=1S/C19H26N2O7/c1-11(2)20-19(24)21-18(23)12(3)28-17(22)8-7-13-9-15(26-5)16(27-6)10-14(13)25-4/h7-12H,1-6H3,(H2,20,21,23,24)/b8-7+/t12-/m1/s1. The van der Waals surface area contributed by atoms with Crippen LogP contribution in [0.2, 0.25) is 0 Å². The molecule has 0 fully saturated rings. The van der Waals surface area contributed by atoms with Crippen molar-refractivity contribution in [2.45, 2.75) is 32.9 Å². The molecule has 0 saturated carbocycles. The molecule has 1 rings (SSSR count). The average Bonchev–Trinajstić information content (AvgIpc) is 2.64. The van der Waals surface area contributed by atoms with Crippen molar-refractivity contribution in [3.63, 3.8) is 0 Å². The van der Waals surface area contributed by atoms with Crippen LogP contribution in [0.3, 0.4) is 0 Å². The third-order valence-corrected chi connectivity index (χ3v) is 3.45. The molecule has 0 saturated heterocycles. The molecule has 2 N–H and O–H groups in total. The zero-order valence-electron chi connectivity index (χ0n) is 16.8. The Kier molecular flexibility index (Phi) is 8.80. The summed E-state index contributed by atoms with van der Waals surface area (Å²) in [6, 6.07) is 2.46. The summed E-state index contributed by atoms with van der Waals surface area (Å²) < 4.78 is 20.7. The summed E-state index contributed by atoms with van der Waals surface area (Å²) in [6.07, 6.45) is 1.45. The first-order valence-electron chi connectivity index (χ1n) is 8.51. The first kappa shape index (κ1) is 22.8. The highest BCUT2D eigenvalue weighted by Crippen LogP contribution is 2.35. The van der Waals surface area contributed by atoms with Crippen molar-refractivity contribution in [2.75, 3.05) is 21.3 Å². The predicted octanol–water partition coefficient (Wildman–Crippen LogP) is 1.89. The van der Waals surface area contributed by atoms with Crippen LogP contribution in [0.4, 0.5) is 4.79 Å². The molecule has 28 heavy (non-hydrogen) atoms. The number of benzene rings is 1. The Balaban J connectivity index is 2.78. The summed E-state index contributed by atoms with van der Waals surface area (Å²) >= 11 is 0. The Hall–Kier alpha value is -3.23. The Morgan fingerprint density at radius 3 is 2.04 bits per heavy atom. The average molecular weight is 394 g/mol. The molecule has 0 spiro atoms. The van der Waals surface area contributed by atoms with Gasteiger partial charge in [-0.05, 0) is 32.9 Å². The van der Waals surface area contributed by atoms with Crippen LogP contribution in [-0.4, -0.2) is 51.4 Å². The minimum atomic E-state index is -1.15. The van der Waals surface area contributed by atoms with Crippen molar-refractivity contribution in [1.82, 2.24) is 10.6 Å². The van der Waals surface area contributed by atoms with E-state index in [-0.39, 0.29) is 6.04 Å². The third kappa shape index (κ3) is 6.82. The molecule has 0 radical (unpaired) electrons. The molecule has 154 valence electrons. The number of esters is 1. The lowest BCUT2D eigenvalue weighted by molar-refractivity contribution is -0.149. The van der Waals surface area contributed by atoms with Crippen LogP contribution in [0.25, 0.3) is 6.08 Å². The van der Waals surface area contributed by atoms with Gasteiger partial charge in [-0.1, -0.05) is 0 Å². The van der Waals surface area contributed by atoms with Gasteiger partial charge >= 0.3 is 12.0 Å². The molecule has 9 nitrogen and oxygen atoms in total. The molecule has 0 aliphatic carbocycles. The Labute approximate surface area is 164 Å². The van der Waals surface area contributed by atoms with Gasteiger partial charge in [0, 0.05) is 23.7 Å². The Morgan fingerprint density at radius 2 is 1.50 bits per heavy atom. The zero-order valence-corrected chi connectivity index (χ0v) is 16.8. The first-order chi connectivity index (χ1) is 13.2. The summed E-state index contributed by atoms with van der Waals surface area (Å²) in [5, 5.41) is 4.60. The number of urea groups is 1. The number of ether oxygens (including phenoxy) is 4. The van der Waals surface area contributed by atoms with E-state index >= 15 is 0 Å². The summed E-state index contributed by atoms with van der Waals surface area (Å²) in [4.78, 5) is 35.4.